The zero-order valence-corrected chi connectivity index (χ0v) is 13.4. The molecule has 1 fully saturated rings. The van der Waals surface area contributed by atoms with Crippen LogP contribution in [0.3, 0.4) is 0 Å². The average molecular weight is 313 g/mol. The lowest BCUT2D eigenvalue weighted by Crippen LogP contribution is -2.45. The number of aliphatic hydroxyl groups is 1. The normalized spacial score (nSPS) is 20.2. The molecular formula is C18H23N3O2. The fourth-order valence-corrected chi connectivity index (χ4v) is 3.12. The number of hydrogen-bond donors (Lipinski definition) is 1. The molecule has 2 unspecified atom stereocenters. The minimum atomic E-state index is -0.283. The third-order valence-electron chi connectivity index (χ3n) is 4.29. The van der Waals surface area contributed by atoms with Crippen molar-refractivity contribution in [3.05, 3.63) is 48.4 Å². The number of ether oxygens (including phenoxy) is 1. The topological polar surface area (TPSA) is 58.5 Å². The highest BCUT2D eigenvalue weighted by molar-refractivity contribution is 5.30. The highest BCUT2D eigenvalue weighted by Gasteiger charge is 2.25. The Morgan fingerprint density at radius 3 is 2.78 bits per heavy atom. The number of benzene rings is 1. The van der Waals surface area contributed by atoms with E-state index >= 15 is 0 Å². The summed E-state index contributed by atoms with van der Waals surface area (Å²) in [6.07, 6.45) is 8.02. The van der Waals surface area contributed by atoms with Crippen LogP contribution in [0, 0.1) is 0 Å². The fraction of sp³-hybridized carbons (Fsp3) is 0.444. The summed E-state index contributed by atoms with van der Waals surface area (Å²) in [7, 11) is 0. The molecule has 3 rings (SSSR count). The number of likely N-dealkylation sites (tertiary alicyclic amines) is 1. The van der Waals surface area contributed by atoms with E-state index in [-0.39, 0.29) is 12.1 Å². The van der Waals surface area contributed by atoms with Crippen molar-refractivity contribution >= 4 is 0 Å². The summed E-state index contributed by atoms with van der Waals surface area (Å²) in [5, 5.41) is 9.96. The first-order valence-corrected chi connectivity index (χ1v) is 8.17. The van der Waals surface area contributed by atoms with E-state index in [0.717, 1.165) is 25.3 Å². The summed E-state index contributed by atoms with van der Waals surface area (Å²) in [5.41, 5.74) is 1.23. The van der Waals surface area contributed by atoms with Gasteiger partial charge in [-0.05, 0) is 44.0 Å². The van der Waals surface area contributed by atoms with E-state index in [9.17, 15) is 5.11 Å². The molecule has 2 heterocycles. The third kappa shape index (κ3) is 4.27. The van der Waals surface area contributed by atoms with Gasteiger partial charge in [0.05, 0.1) is 12.3 Å². The summed E-state index contributed by atoms with van der Waals surface area (Å²) >= 11 is 0. The van der Waals surface area contributed by atoms with Crippen molar-refractivity contribution in [2.45, 2.75) is 44.9 Å². The van der Waals surface area contributed by atoms with Gasteiger partial charge in [-0.25, -0.2) is 4.98 Å². The lowest BCUT2D eigenvalue weighted by molar-refractivity contribution is 0.0316. The van der Waals surface area contributed by atoms with E-state index in [2.05, 4.69) is 27.0 Å². The maximum absolute atomic E-state index is 9.96. The molecule has 122 valence electrons. The first-order chi connectivity index (χ1) is 11.2. The predicted octanol–water partition coefficient (Wildman–Crippen LogP) is 3.00. The molecule has 1 saturated heterocycles. The van der Waals surface area contributed by atoms with E-state index < -0.39 is 0 Å². The molecule has 5 nitrogen and oxygen atoms in total. The van der Waals surface area contributed by atoms with E-state index in [0.29, 0.717) is 5.88 Å². The molecule has 0 spiro atoms. The second-order valence-corrected chi connectivity index (χ2v) is 6.06. The van der Waals surface area contributed by atoms with Crippen LogP contribution in [-0.2, 0) is 6.54 Å². The van der Waals surface area contributed by atoms with Crippen molar-refractivity contribution in [1.29, 1.82) is 0 Å². The second-order valence-electron chi connectivity index (χ2n) is 6.06. The van der Waals surface area contributed by atoms with Gasteiger partial charge in [-0.1, -0.05) is 18.6 Å². The molecule has 2 aromatic rings. The van der Waals surface area contributed by atoms with Crippen molar-refractivity contribution in [1.82, 2.24) is 14.9 Å². The summed E-state index contributed by atoms with van der Waals surface area (Å²) in [5.74, 6) is 1.24. The molecule has 5 heteroatoms. The Hall–Kier alpha value is -1.98. The molecule has 0 amide bonds. The zero-order chi connectivity index (χ0) is 16.1. The lowest BCUT2D eigenvalue weighted by Gasteiger charge is -2.37. The maximum Gasteiger partial charge on any atom is 0.237 e. The Bertz CT molecular complexity index is 601. The van der Waals surface area contributed by atoms with Crippen LogP contribution in [0.15, 0.2) is 42.9 Å². The van der Waals surface area contributed by atoms with Gasteiger partial charge in [0, 0.05) is 25.0 Å². The van der Waals surface area contributed by atoms with E-state index in [1.807, 2.05) is 19.1 Å². The fourth-order valence-electron chi connectivity index (χ4n) is 3.12. The molecular weight excluding hydrogens is 290 g/mol. The molecule has 0 bridgehead atoms. The first kappa shape index (κ1) is 15.9. The van der Waals surface area contributed by atoms with Crippen molar-refractivity contribution < 1.29 is 9.84 Å². The number of rotatable bonds is 5. The quantitative estimate of drug-likeness (QED) is 0.919. The maximum atomic E-state index is 9.96. The van der Waals surface area contributed by atoms with Crippen LogP contribution in [0.1, 0.15) is 31.7 Å². The molecule has 23 heavy (non-hydrogen) atoms. The zero-order valence-electron chi connectivity index (χ0n) is 13.4. The Kier molecular flexibility index (Phi) is 5.20. The van der Waals surface area contributed by atoms with E-state index in [4.69, 9.17) is 4.74 Å². The molecule has 1 aliphatic rings. The van der Waals surface area contributed by atoms with Gasteiger partial charge in [-0.15, -0.1) is 0 Å². The molecule has 1 aromatic carbocycles. The largest absolute Gasteiger partial charge is 0.438 e. The predicted molar refractivity (Wildman–Crippen MR) is 88.3 cm³/mol. The Labute approximate surface area is 137 Å². The van der Waals surface area contributed by atoms with Gasteiger partial charge in [-0.3, -0.25) is 9.88 Å². The van der Waals surface area contributed by atoms with Crippen molar-refractivity contribution in [2.75, 3.05) is 6.54 Å². The summed E-state index contributed by atoms with van der Waals surface area (Å²) in [4.78, 5) is 10.5. The standard InChI is InChI=1S/C18H23N3O2/c1-14(22)17-4-2-3-11-21(17)13-15-5-7-16(8-6-15)23-18-12-19-9-10-20-18/h5-10,12,14,17,22H,2-4,11,13H2,1H3. The van der Waals surface area contributed by atoms with Gasteiger partial charge < -0.3 is 9.84 Å². The molecule has 0 radical (unpaired) electrons. The monoisotopic (exact) mass is 313 g/mol. The lowest BCUT2D eigenvalue weighted by atomic mass is 9.97. The molecule has 0 saturated carbocycles. The highest BCUT2D eigenvalue weighted by Crippen LogP contribution is 2.24. The van der Waals surface area contributed by atoms with Gasteiger partial charge in [-0.2, -0.15) is 0 Å². The van der Waals surface area contributed by atoms with Crippen molar-refractivity contribution in [3.63, 3.8) is 0 Å². The van der Waals surface area contributed by atoms with E-state index in [1.54, 1.807) is 18.6 Å². The van der Waals surface area contributed by atoms with Crippen LogP contribution in [0.4, 0.5) is 0 Å². The minimum Gasteiger partial charge on any atom is -0.438 e. The smallest absolute Gasteiger partial charge is 0.237 e. The van der Waals surface area contributed by atoms with Crippen LogP contribution in [-0.4, -0.2) is 38.7 Å². The summed E-state index contributed by atoms with van der Waals surface area (Å²) < 4.78 is 5.66. The molecule has 1 aromatic heterocycles. The van der Waals surface area contributed by atoms with Crippen molar-refractivity contribution in [3.8, 4) is 11.6 Å². The molecule has 1 N–H and O–H groups in total. The van der Waals surface area contributed by atoms with Crippen LogP contribution < -0.4 is 4.74 Å². The van der Waals surface area contributed by atoms with Gasteiger partial charge in [0.15, 0.2) is 0 Å². The SMILES string of the molecule is CC(O)C1CCCCN1Cc1ccc(Oc2cnccn2)cc1. The van der Waals surface area contributed by atoms with Gasteiger partial charge in [0.25, 0.3) is 0 Å². The average Bonchev–Trinajstić information content (AvgIpc) is 2.58. The first-order valence-electron chi connectivity index (χ1n) is 8.17. The van der Waals surface area contributed by atoms with E-state index in [1.165, 1.54) is 18.4 Å². The minimum absolute atomic E-state index is 0.263. The number of nitrogens with zero attached hydrogens (tertiary/aromatic N) is 3. The Balaban J connectivity index is 1.63. The van der Waals surface area contributed by atoms with Crippen LogP contribution >= 0.6 is 0 Å². The Morgan fingerprint density at radius 1 is 1.26 bits per heavy atom. The van der Waals surface area contributed by atoms with Crippen LogP contribution in [0.5, 0.6) is 11.6 Å². The number of aromatic nitrogens is 2. The molecule has 1 aliphatic heterocycles. The molecule has 0 aliphatic carbocycles. The molecule has 2 atom stereocenters. The van der Waals surface area contributed by atoms with Crippen LogP contribution in [0.25, 0.3) is 0 Å². The Morgan fingerprint density at radius 2 is 2.09 bits per heavy atom. The highest BCUT2D eigenvalue weighted by atomic mass is 16.5. The van der Waals surface area contributed by atoms with Gasteiger partial charge in [0.1, 0.15) is 5.75 Å². The van der Waals surface area contributed by atoms with Gasteiger partial charge in [0.2, 0.25) is 5.88 Å². The number of aliphatic hydroxyl groups excluding tert-OH is 1. The number of piperidine rings is 1. The van der Waals surface area contributed by atoms with Crippen molar-refractivity contribution in [2.24, 2.45) is 0 Å². The number of hydrogen-bond acceptors (Lipinski definition) is 5. The summed E-state index contributed by atoms with van der Waals surface area (Å²) in [6, 6.07) is 8.30. The third-order valence-corrected chi connectivity index (χ3v) is 4.29. The summed E-state index contributed by atoms with van der Waals surface area (Å²) in [6.45, 7) is 3.80. The van der Waals surface area contributed by atoms with Crippen LogP contribution in [0.2, 0.25) is 0 Å². The van der Waals surface area contributed by atoms with Gasteiger partial charge >= 0.3 is 0 Å². The second kappa shape index (κ2) is 7.53.